The van der Waals surface area contributed by atoms with E-state index in [9.17, 15) is 0 Å². The highest BCUT2D eigenvalue weighted by atomic mass is 32.2. The maximum absolute atomic E-state index is 4.60. The summed E-state index contributed by atoms with van der Waals surface area (Å²) in [4.78, 5) is 15.8. The molecule has 0 aliphatic carbocycles. The fourth-order valence-electron chi connectivity index (χ4n) is 2.52. The highest BCUT2D eigenvalue weighted by Crippen LogP contribution is 2.21. The number of nitrogens with zero attached hydrogens (tertiary/aromatic N) is 4. The summed E-state index contributed by atoms with van der Waals surface area (Å²) >= 11 is 1.60. The van der Waals surface area contributed by atoms with Gasteiger partial charge in [-0.25, -0.2) is 9.97 Å². The van der Waals surface area contributed by atoms with Crippen molar-refractivity contribution in [3.8, 4) is 0 Å². The van der Waals surface area contributed by atoms with Crippen molar-refractivity contribution in [2.24, 2.45) is 0 Å². The van der Waals surface area contributed by atoms with E-state index < -0.39 is 0 Å². The van der Waals surface area contributed by atoms with Gasteiger partial charge < -0.3 is 0 Å². The first-order valence-corrected chi connectivity index (χ1v) is 8.00. The Labute approximate surface area is 123 Å². The summed E-state index contributed by atoms with van der Waals surface area (Å²) in [5.41, 5.74) is 4.89. The Bertz CT molecular complexity index is 615. The smallest absolute Gasteiger partial charge is 0.187 e. The molecule has 3 heterocycles. The standard InChI is InChI=1S/C15H18N4S/c1-11-12(4-3-6-16-11)9-19-7-5-14-13(10-19)8-17-15(18-14)20-2/h3-4,6,8H,5,7,9-10H2,1-2H3. The Hall–Kier alpha value is -1.46. The number of fused-ring (bicyclic) bond motifs is 1. The van der Waals surface area contributed by atoms with Gasteiger partial charge >= 0.3 is 0 Å². The molecule has 0 atom stereocenters. The number of aromatic nitrogens is 3. The summed E-state index contributed by atoms with van der Waals surface area (Å²) in [6, 6.07) is 4.17. The molecular weight excluding hydrogens is 268 g/mol. The van der Waals surface area contributed by atoms with E-state index in [1.54, 1.807) is 11.8 Å². The Balaban J connectivity index is 1.74. The van der Waals surface area contributed by atoms with Crippen LogP contribution in [0.4, 0.5) is 0 Å². The lowest BCUT2D eigenvalue weighted by Crippen LogP contribution is -2.31. The van der Waals surface area contributed by atoms with Gasteiger partial charge in [0.1, 0.15) is 0 Å². The molecule has 0 unspecified atom stereocenters. The van der Waals surface area contributed by atoms with Gasteiger partial charge in [-0.1, -0.05) is 17.8 Å². The summed E-state index contributed by atoms with van der Waals surface area (Å²) in [5.74, 6) is 0. The largest absolute Gasteiger partial charge is 0.294 e. The zero-order chi connectivity index (χ0) is 13.9. The number of hydrogen-bond donors (Lipinski definition) is 0. The topological polar surface area (TPSA) is 41.9 Å². The van der Waals surface area contributed by atoms with Crippen LogP contribution < -0.4 is 0 Å². The predicted octanol–water partition coefficient (Wildman–Crippen LogP) is 2.46. The number of pyridine rings is 1. The fraction of sp³-hybridized carbons (Fsp3) is 0.400. The van der Waals surface area contributed by atoms with Crippen molar-refractivity contribution in [1.29, 1.82) is 0 Å². The summed E-state index contributed by atoms with van der Waals surface area (Å²) in [5, 5.41) is 0.875. The Morgan fingerprint density at radius 2 is 2.25 bits per heavy atom. The van der Waals surface area contributed by atoms with Crippen LogP contribution in [-0.2, 0) is 19.5 Å². The van der Waals surface area contributed by atoms with Crippen LogP contribution in [0.25, 0.3) is 0 Å². The van der Waals surface area contributed by atoms with Crippen molar-refractivity contribution in [1.82, 2.24) is 19.9 Å². The van der Waals surface area contributed by atoms with Crippen molar-refractivity contribution in [2.45, 2.75) is 31.6 Å². The van der Waals surface area contributed by atoms with E-state index in [0.717, 1.165) is 36.9 Å². The van der Waals surface area contributed by atoms with Gasteiger partial charge in [0, 0.05) is 49.7 Å². The van der Waals surface area contributed by atoms with Crippen molar-refractivity contribution in [3.05, 3.63) is 47.0 Å². The van der Waals surface area contributed by atoms with Crippen LogP contribution in [0.15, 0.2) is 29.7 Å². The minimum Gasteiger partial charge on any atom is -0.294 e. The third kappa shape index (κ3) is 2.83. The third-order valence-electron chi connectivity index (χ3n) is 3.68. The monoisotopic (exact) mass is 286 g/mol. The van der Waals surface area contributed by atoms with E-state index in [1.807, 2.05) is 24.7 Å². The summed E-state index contributed by atoms with van der Waals surface area (Å²) < 4.78 is 0. The normalized spacial score (nSPS) is 15.1. The van der Waals surface area contributed by atoms with Gasteiger partial charge in [0.15, 0.2) is 5.16 Å². The molecule has 0 radical (unpaired) electrons. The number of rotatable bonds is 3. The van der Waals surface area contributed by atoms with E-state index in [1.165, 1.54) is 16.8 Å². The van der Waals surface area contributed by atoms with Gasteiger partial charge in [-0.15, -0.1) is 0 Å². The second kappa shape index (κ2) is 5.89. The van der Waals surface area contributed by atoms with Crippen LogP contribution >= 0.6 is 11.8 Å². The molecule has 0 amide bonds. The Morgan fingerprint density at radius 1 is 1.35 bits per heavy atom. The van der Waals surface area contributed by atoms with Crippen LogP contribution in [0.2, 0.25) is 0 Å². The minimum atomic E-state index is 0.875. The lowest BCUT2D eigenvalue weighted by Gasteiger charge is -2.28. The molecule has 0 saturated carbocycles. The average molecular weight is 286 g/mol. The Morgan fingerprint density at radius 3 is 3.05 bits per heavy atom. The zero-order valence-corrected chi connectivity index (χ0v) is 12.7. The van der Waals surface area contributed by atoms with E-state index in [4.69, 9.17) is 0 Å². The van der Waals surface area contributed by atoms with Gasteiger partial charge in [-0.3, -0.25) is 9.88 Å². The summed E-state index contributed by atoms with van der Waals surface area (Å²) in [7, 11) is 0. The van der Waals surface area contributed by atoms with Crippen LogP contribution in [0, 0.1) is 6.92 Å². The molecule has 1 aliphatic rings. The zero-order valence-electron chi connectivity index (χ0n) is 11.8. The SMILES string of the molecule is CSc1ncc2c(n1)CCN(Cc1cccnc1C)C2. The first-order chi connectivity index (χ1) is 9.76. The van der Waals surface area contributed by atoms with Crippen LogP contribution in [0.3, 0.4) is 0 Å². The maximum atomic E-state index is 4.60. The molecule has 20 heavy (non-hydrogen) atoms. The molecular formula is C15H18N4S. The van der Waals surface area contributed by atoms with E-state index in [-0.39, 0.29) is 0 Å². The summed E-state index contributed by atoms with van der Waals surface area (Å²) in [6.45, 7) is 5.00. The van der Waals surface area contributed by atoms with E-state index in [2.05, 4.69) is 32.8 Å². The lowest BCUT2D eigenvalue weighted by atomic mass is 10.1. The second-order valence-corrected chi connectivity index (χ2v) is 5.81. The van der Waals surface area contributed by atoms with Crippen LogP contribution in [0.5, 0.6) is 0 Å². The molecule has 0 aromatic carbocycles. The second-order valence-electron chi connectivity index (χ2n) is 5.04. The first kappa shape index (κ1) is 13.5. The van der Waals surface area contributed by atoms with Crippen LogP contribution in [-0.4, -0.2) is 32.7 Å². The minimum absolute atomic E-state index is 0.875. The molecule has 5 heteroatoms. The molecule has 1 aliphatic heterocycles. The quantitative estimate of drug-likeness (QED) is 0.640. The van der Waals surface area contributed by atoms with Crippen LogP contribution in [0.1, 0.15) is 22.5 Å². The molecule has 104 valence electrons. The molecule has 0 saturated heterocycles. The predicted molar refractivity (Wildman–Crippen MR) is 80.6 cm³/mol. The molecule has 0 fully saturated rings. The lowest BCUT2D eigenvalue weighted by molar-refractivity contribution is 0.241. The number of thioether (sulfide) groups is 1. The van der Waals surface area contributed by atoms with Gasteiger partial charge in [0.2, 0.25) is 0 Å². The average Bonchev–Trinajstić information content (AvgIpc) is 2.49. The van der Waals surface area contributed by atoms with E-state index in [0.29, 0.717) is 0 Å². The Kier molecular flexibility index (Phi) is 3.98. The van der Waals surface area contributed by atoms with Gasteiger partial charge in [0.25, 0.3) is 0 Å². The molecule has 4 nitrogen and oxygen atoms in total. The van der Waals surface area contributed by atoms with Crippen molar-refractivity contribution < 1.29 is 0 Å². The number of aryl methyl sites for hydroxylation is 1. The third-order valence-corrected chi connectivity index (χ3v) is 4.25. The highest BCUT2D eigenvalue weighted by molar-refractivity contribution is 7.98. The molecule has 2 aromatic heterocycles. The van der Waals surface area contributed by atoms with Gasteiger partial charge in [-0.2, -0.15) is 0 Å². The molecule has 0 N–H and O–H groups in total. The maximum Gasteiger partial charge on any atom is 0.187 e. The van der Waals surface area contributed by atoms with Gasteiger partial charge in [-0.05, 0) is 24.8 Å². The van der Waals surface area contributed by atoms with E-state index >= 15 is 0 Å². The van der Waals surface area contributed by atoms with Crippen molar-refractivity contribution >= 4 is 11.8 Å². The molecule has 3 rings (SSSR count). The molecule has 0 bridgehead atoms. The first-order valence-electron chi connectivity index (χ1n) is 6.78. The highest BCUT2D eigenvalue weighted by Gasteiger charge is 2.18. The molecule has 2 aromatic rings. The fourth-order valence-corrected chi connectivity index (χ4v) is 2.87. The number of hydrogen-bond acceptors (Lipinski definition) is 5. The van der Waals surface area contributed by atoms with Gasteiger partial charge in [0.05, 0.1) is 5.69 Å². The summed E-state index contributed by atoms with van der Waals surface area (Å²) in [6.07, 6.45) is 6.85. The van der Waals surface area contributed by atoms with Crippen molar-refractivity contribution in [3.63, 3.8) is 0 Å². The molecule has 0 spiro atoms. The van der Waals surface area contributed by atoms with Crippen molar-refractivity contribution in [2.75, 3.05) is 12.8 Å².